The maximum atomic E-state index is 9.75. The first kappa shape index (κ1) is 12.6. The molecule has 0 aromatic heterocycles. The highest BCUT2D eigenvalue weighted by atomic mass is 28.4. The van der Waals surface area contributed by atoms with Crippen LogP contribution in [-0.2, 0) is 4.43 Å². The topological polar surface area (TPSA) is 29.5 Å². The standard InChI is InChI=1S/C13H26O2Si/c1-13(2,3)16(4,5)15-8-10-9-6-7-11(14)12(9)10/h9-12,14H,6-8H2,1-5H3/t9-,10-,11+,12-/m0/s1. The van der Waals surface area contributed by atoms with Crippen LogP contribution in [0.1, 0.15) is 33.6 Å². The van der Waals surface area contributed by atoms with Gasteiger partial charge in [0.2, 0.25) is 0 Å². The third-order valence-electron chi connectivity index (χ3n) is 5.08. The summed E-state index contributed by atoms with van der Waals surface area (Å²) in [5, 5.41) is 10.1. The maximum absolute atomic E-state index is 9.75. The van der Waals surface area contributed by atoms with Crippen LogP contribution in [0.4, 0.5) is 0 Å². The smallest absolute Gasteiger partial charge is 0.191 e. The second-order valence-electron chi connectivity index (χ2n) is 7.12. The largest absolute Gasteiger partial charge is 0.417 e. The van der Waals surface area contributed by atoms with E-state index in [-0.39, 0.29) is 6.10 Å². The van der Waals surface area contributed by atoms with Gasteiger partial charge in [0, 0.05) is 6.61 Å². The van der Waals surface area contributed by atoms with Crippen LogP contribution >= 0.6 is 0 Å². The lowest BCUT2D eigenvalue weighted by molar-refractivity contribution is 0.138. The van der Waals surface area contributed by atoms with Crippen molar-refractivity contribution in [3.8, 4) is 0 Å². The van der Waals surface area contributed by atoms with Gasteiger partial charge >= 0.3 is 0 Å². The third kappa shape index (κ3) is 2.09. The summed E-state index contributed by atoms with van der Waals surface area (Å²) in [5.74, 6) is 2.02. The van der Waals surface area contributed by atoms with Crippen LogP contribution in [0.15, 0.2) is 0 Å². The van der Waals surface area contributed by atoms with Gasteiger partial charge < -0.3 is 9.53 Å². The first-order chi connectivity index (χ1) is 7.24. The van der Waals surface area contributed by atoms with E-state index in [2.05, 4.69) is 33.9 Å². The van der Waals surface area contributed by atoms with Crippen molar-refractivity contribution in [2.24, 2.45) is 17.8 Å². The summed E-state index contributed by atoms with van der Waals surface area (Å²) in [6.07, 6.45) is 2.21. The van der Waals surface area contributed by atoms with Gasteiger partial charge in [-0.15, -0.1) is 0 Å². The fourth-order valence-corrected chi connectivity index (χ4v) is 3.81. The second-order valence-corrected chi connectivity index (χ2v) is 11.9. The van der Waals surface area contributed by atoms with Crippen LogP contribution in [-0.4, -0.2) is 26.1 Å². The minimum Gasteiger partial charge on any atom is -0.417 e. The average molecular weight is 242 g/mol. The van der Waals surface area contributed by atoms with E-state index >= 15 is 0 Å². The average Bonchev–Trinajstić information content (AvgIpc) is 2.71. The summed E-state index contributed by atoms with van der Waals surface area (Å²) in [6, 6.07) is 0. The number of fused-ring (bicyclic) bond motifs is 1. The lowest BCUT2D eigenvalue weighted by Crippen LogP contribution is -2.41. The molecule has 0 spiro atoms. The molecule has 94 valence electrons. The highest BCUT2D eigenvalue weighted by Gasteiger charge is 2.57. The molecular weight excluding hydrogens is 216 g/mol. The van der Waals surface area contributed by atoms with Crippen molar-refractivity contribution in [1.29, 1.82) is 0 Å². The third-order valence-corrected chi connectivity index (χ3v) is 9.58. The van der Waals surface area contributed by atoms with E-state index in [9.17, 15) is 5.11 Å². The van der Waals surface area contributed by atoms with E-state index in [1.165, 1.54) is 6.42 Å². The molecule has 2 aliphatic carbocycles. The summed E-state index contributed by atoms with van der Waals surface area (Å²) in [5.41, 5.74) is 0. The zero-order valence-corrected chi connectivity index (χ0v) is 12.3. The first-order valence-corrected chi connectivity index (χ1v) is 9.47. The molecule has 0 unspecified atom stereocenters. The Balaban J connectivity index is 1.82. The predicted molar refractivity (Wildman–Crippen MR) is 68.9 cm³/mol. The van der Waals surface area contributed by atoms with Crippen LogP contribution in [0, 0.1) is 17.8 Å². The molecule has 2 nitrogen and oxygen atoms in total. The van der Waals surface area contributed by atoms with E-state index in [0.717, 1.165) is 18.9 Å². The molecule has 0 aliphatic heterocycles. The first-order valence-electron chi connectivity index (χ1n) is 6.56. The fraction of sp³-hybridized carbons (Fsp3) is 1.00. The molecule has 3 heteroatoms. The van der Waals surface area contributed by atoms with Crippen molar-refractivity contribution in [3.63, 3.8) is 0 Å². The van der Waals surface area contributed by atoms with Gasteiger partial charge in [-0.3, -0.25) is 0 Å². The van der Waals surface area contributed by atoms with E-state index in [4.69, 9.17) is 4.43 Å². The van der Waals surface area contributed by atoms with Crippen LogP contribution in [0.3, 0.4) is 0 Å². The molecule has 0 amide bonds. The van der Waals surface area contributed by atoms with E-state index in [0.29, 0.717) is 16.9 Å². The highest BCUT2D eigenvalue weighted by Crippen LogP contribution is 2.58. The van der Waals surface area contributed by atoms with Crippen molar-refractivity contribution in [3.05, 3.63) is 0 Å². The van der Waals surface area contributed by atoms with Gasteiger partial charge in [0.25, 0.3) is 0 Å². The van der Waals surface area contributed by atoms with Gasteiger partial charge in [-0.2, -0.15) is 0 Å². The van der Waals surface area contributed by atoms with Crippen molar-refractivity contribution < 1.29 is 9.53 Å². The molecule has 0 heterocycles. The lowest BCUT2D eigenvalue weighted by atomic mass is 10.1. The minimum atomic E-state index is -1.58. The molecule has 16 heavy (non-hydrogen) atoms. The van der Waals surface area contributed by atoms with Crippen molar-refractivity contribution in [2.45, 2.75) is 57.8 Å². The number of hydrogen-bond donors (Lipinski definition) is 1. The summed E-state index contributed by atoms with van der Waals surface area (Å²) in [7, 11) is -1.58. The fourth-order valence-electron chi connectivity index (χ4n) is 2.76. The summed E-state index contributed by atoms with van der Waals surface area (Å²) in [4.78, 5) is 0. The van der Waals surface area contributed by atoms with Crippen molar-refractivity contribution in [2.75, 3.05) is 6.61 Å². The zero-order valence-electron chi connectivity index (χ0n) is 11.3. The van der Waals surface area contributed by atoms with E-state index < -0.39 is 8.32 Å². The predicted octanol–water partition coefficient (Wildman–Crippen LogP) is 3.03. The molecule has 0 saturated heterocycles. The number of aliphatic hydroxyl groups excluding tert-OH is 1. The maximum Gasteiger partial charge on any atom is 0.191 e. The van der Waals surface area contributed by atoms with Crippen LogP contribution in [0.5, 0.6) is 0 Å². The Hall–Kier alpha value is 0.137. The number of aliphatic hydroxyl groups is 1. The quantitative estimate of drug-likeness (QED) is 0.771. The molecule has 2 saturated carbocycles. The van der Waals surface area contributed by atoms with Gasteiger partial charge in [0.05, 0.1) is 6.10 Å². The molecule has 0 aromatic rings. The molecule has 1 N–H and O–H groups in total. The Morgan fingerprint density at radius 2 is 1.88 bits per heavy atom. The molecule has 2 fully saturated rings. The molecule has 2 aliphatic rings. The number of hydrogen-bond acceptors (Lipinski definition) is 2. The van der Waals surface area contributed by atoms with Gasteiger partial charge in [-0.25, -0.2) is 0 Å². The molecule has 0 radical (unpaired) electrons. The Kier molecular flexibility index (Phi) is 3.01. The molecule has 4 atom stereocenters. The van der Waals surface area contributed by atoms with Crippen molar-refractivity contribution in [1.82, 2.24) is 0 Å². The highest BCUT2D eigenvalue weighted by molar-refractivity contribution is 6.74. The van der Waals surface area contributed by atoms with Gasteiger partial charge in [0.1, 0.15) is 0 Å². The molecule has 2 rings (SSSR count). The van der Waals surface area contributed by atoms with Gasteiger partial charge in [0.15, 0.2) is 8.32 Å². The van der Waals surface area contributed by atoms with Gasteiger partial charge in [-0.05, 0) is 48.7 Å². The van der Waals surface area contributed by atoms with E-state index in [1.807, 2.05) is 0 Å². The molecule has 0 aromatic carbocycles. The summed E-state index contributed by atoms with van der Waals surface area (Å²) >= 11 is 0. The Morgan fingerprint density at radius 1 is 1.25 bits per heavy atom. The van der Waals surface area contributed by atoms with Crippen molar-refractivity contribution >= 4 is 8.32 Å². The Labute approximate surface area is 101 Å². The Bertz CT molecular complexity index is 270. The minimum absolute atomic E-state index is 0.0296. The summed E-state index contributed by atoms with van der Waals surface area (Å²) < 4.78 is 6.23. The summed E-state index contributed by atoms with van der Waals surface area (Å²) in [6.45, 7) is 12.3. The zero-order chi connectivity index (χ0) is 12.1. The molecular formula is C13H26O2Si. The second kappa shape index (κ2) is 3.82. The Morgan fingerprint density at radius 3 is 2.31 bits per heavy atom. The SMILES string of the molecule is CC(C)(C)[Si](C)(C)OC[C@H]1[C@@H]2CC[C@@H](O)[C@@H]21. The van der Waals surface area contributed by atoms with Crippen LogP contribution < -0.4 is 0 Å². The lowest BCUT2D eigenvalue weighted by Gasteiger charge is -2.36. The monoisotopic (exact) mass is 242 g/mol. The molecule has 0 bridgehead atoms. The van der Waals surface area contributed by atoms with Crippen LogP contribution in [0.25, 0.3) is 0 Å². The van der Waals surface area contributed by atoms with E-state index in [1.54, 1.807) is 0 Å². The number of rotatable bonds is 3. The van der Waals surface area contributed by atoms with Gasteiger partial charge in [-0.1, -0.05) is 20.8 Å². The normalized spacial score (nSPS) is 38.6. The van der Waals surface area contributed by atoms with Crippen LogP contribution in [0.2, 0.25) is 18.1 Å².